The van der Waals surface area contributed by atoms with Crippen molar-refractivity contribution in [2.75, 3.05) is 5.73 Å². The zero-order valence-electron chi connectivity index (χ0n) is 17.6. The quantitative estimate of drug-likeness (QED) is 0.330. The zero-order chi connectivity index (χ0) is 21.5. The van der Waals surface area contributed by atoms with Crippen LogP contribution in [-0.4, -0.2) is 25.8 Å². The molecule has 0 saturated carbocycles. The van der Waals surface area contributed by atoms with Gasteiger partial charge in [-0.25, -0.2) is 0 Å². The van der Waals surface area contributed by atoms with Crippen LogP contribution in [0.1, 0.15) is 66.7 Å². The lowest BCUT2D eigenvalue weighted by Gasteiger charge is -2.36. The maximum atomic E-state index is 11.3. The van der Waals surface area contributed by atoms with Crippen molar-refractivity contribution in [3.63, 3.8) is 0 Å². The van der Waals surface area contributed by atoms with E-state index < -0.39 is 0 Å². The Balaban J connectivity index is 1.26. The van der Waals surface area contributed by atoms with Crippen LogP contribution in [0.3, 0.4) is 0 Å². The standard InChI is InChI=1S/C24H26ClN5O/c1-14(31)22-13-30(29-28-22)7-3-2-4-15-8-16-10-17(9-15)23-21(11-16)27-20-12-18(25)5-6-19(20)24(23)26/h5-6,8,12-13,16-17H,2-4,7,9-11H2,1H3,(H2,26,27). The summed E-state index contributed by atoms with van der Waals surface area (Å²) >= 11 is 6.17. The average Bonchev–Trinajstić information content (AvgIpc) is 3.20. The van der Waals surface area contributed by atoms with Gasteiger partial charge in [-0.3, -0.25) is 14.5 Å². The fourth-order valence-corrected chi connectivity index (χ4v) is 5.33. The molecule has 0 saturated heterocycles. The number of aryl methyl sites for hydroxylation is 1. The number of allylic oxidation sites excluding steroid dienone is 2. The van der Waals surface area contributed by atoms with Crippen LogP contribution in [0.25, 0.3) is 10.9 Å². The third kappa shape index (κ3) is 3.97. The number of unbranched alkanes of at least 4 members (excludes halogenated alkanes) is 1. The number of pyridine rings is 1. The number of hydrogen-bond donors (Lipinski definition) is 1. The molecule has 0 spiro atoms. The number of hydrogen-bond acceptors (Lipinski definition) is 5. The largest absolute Gasteiger partial charge is 0.398 e. The molecule has 0 aliphatic heterocycles. The van der Waals surface area contributed by atoms with Crippen molar-refractivity contribution in [3.8, 4) is 0 Å². The molecule has 2 atom stereocenters. The smallest absolute Gasteiger partial charge is 0.181 e. The SMILES string of the molecule is CC(=O)c1cn(CCCCC2=CC3Cc4nc5cc(Cl)ccc5c(N)c4C(C2)C3)nn1. The summed E-state index contributed by atoms with van der Waals surface area (Å²) in [6, 6.07) is 5.79. The number of nitrogens with zero attached hydrogens (tertiary/aromatic N) is 4. The molecule has 2 aliphatic rings. The molecule has 3 aromatic rings. The zero-order valence-corrected chi connectivity index (χ0v) is 18.4. The third-order valence-electron chi connectivity index (χ3n) is 6.57. The van der Waals surface area contributed by atoms with Crippen LogP contribution < -0.4 is 5.73 Å². The van der Waals surface area contributed by atoms with Crippen molar-refractivity contribution >= 4 is 34.0 Å². The molecule has 2 N–H and O–H groups in total. The van der Waals surface area contributed by atoms with E-state index in [0.717, 1.165) is 67.4 Å². The van der Waals surface area contributed by atoms with Crippen molar-refractivity contribution in [2.45, 2.75) is 57.9 Å². The van der Waals surface area contributed by atoms with Gasteiger partial charge in [0.2, 0.25) is 0 Å². The Hall–Kier alpha value is -2.73. The van der Waals surface area contributed by atoms with Crippen molar-refractivity contribution in [3.05, 3.63) is 58.0 Å². The first-order valence-corrected chi connectivity index (χ1v) is 11.3. The first-order chi connectivity index (χ1) is 15.0. The number of carbonyl (C=O) groups is 1. The average molecular weight is 436 g/mol. The topological polar surface area (TPSA) is 86.7 Å². The summed E-state index contributed by atoms with van der Waals surface area (Å²) in [7, 11) is 0. The summed E-state index contributed by atoms with van der Waals surface area (Å²) in [5.74, 6) is 0.947. The number of ketones is 1. The second kappa shape index (κ2) is 8.08. The molecule has 0 fully saturated rings. The van der Waals surface area contributed by atoms with Gasteiger partial charge < -0.3 is 5.73 Å². The number of fused-ring (bicyclic) bond motifs is 5. The van der Waals surface area contributed by atoms with E-state index in [1.807, 2.05) is 18.2 Å². The molecule has 2 aromatic heterocycles. The van der Waals surface area contributed by atoms with E-state index in [0.29, 0.717) is 22.6 Å². The molecule has 160 valence electrons. The highest BCUT2D eigenvalue weighted by molar-refractivity contribution is 6.31. The van der Waals surface area contributed by atoms with E-state index in [1.165, 1.54) is 18.1 Å². The number of nitrogens with two attached hydrogens (primary N) is 1. The minimum atomic E-state index is -0.0462. The summed E-state index contributed by atoms with van der Waals surface area (Å²) in [5, 5.41) is 9.65. The number of carbonyl (C=O) groups excluding carboxylic acids is 1. The summed E-state index contributed by atoms with van der Waals surface area (Å²) in [6.07, 6.45) is 10.6. The molecule has 7 heteroatoms. The molecule has 1 aromatic carbocycles. The minimum absolute atomic E-state index is 0.0462. The Kier molecular flexibility index (Phi) is 5.26. The highest BCUT2D eigenvalue weighted by Gasteiger charge is 2.33. The molecule has 31 heavy (non-hydrogen) atoms. The predicted molar refractivity (Wildman–Crippen MR) is 122 cm³/mol. The van der Waals surface area contributed by atoms with Crippen LogP contribution in [0, 0.1) is 5.92 Å². The molecule has 2 aliphatic carbocycles. The summed E-state index contributed by atoms with van der Waals surface area (Å²) < 4.78 is 1.76. The number of rotatable bonds is 6. The molecule has 2 unspecified atom stereocenters. The molecular formula is C24H26ClN5O. The third-order valence-corrected chi connectivity index (χ3v) is 6.81. The van der Waals surface area contributed by atoms with Gasteiger partial charge in [0.05, 0.1) is 11.7 Å². The van der Waals surface area contributed by atoms with E-state index >= 15 is 0 Å². The molecule has 6 nitrogen and oxygen atoms in total. The second-order valence-electron chi connectivity index (χ2n) is 8.85. The predicted octanol–water partition coefficient (Wildman–Crippen LogP) is 5.11. The molecular weight excluding hydrogens is 410 g/mol. The molecule has 0 amide bonds. The summed E-state index contributed by atoms with van der Waals surface area (Å²) in [4.78, 5) is 16.3. The van der Waals surface area contributed by atoms with E-state index in [2.05, 4.69) is 16.4 Å². The maximum absolute atomic E-state index is 11.3. The van der Waals surface area contributed by atoms with Crippen LogP contribution in [0.15, 0.2) is 36.0 Å². The fraction of sp³-hybridized carbons (Fsp3) is 0.417. The van der Waals surface area contributed by atoms with Crippen molar-refractivity contribution in [1.29, 1.82) is 0 Å². The Morgan fingerprint density at radius 1 is 1.29 bits per heavy atom. The lowest BCUT2D eigenvalue weighted by molar-refractivity contribution is 0.101. The lowest BCUT2D eigenvalue weighted by atomic mass is 9.70. The number of anilines is 1. The number of benzene rings is 1. The van der Waals surface area contributed by atoms with Crippen molar-refractivity contribution in [2.24, 2.45) is 5.92 Å². The van der Waals surface area contributed by atoms with Gasteiger partial charge in [-0.15, -0.1) is 5.10 Å². The van der Waals surface area contributed by atoms with Gasteiger partial charge in [0, 0.05) is 40.8 Å². The number of nitrogen functional groups attached to an aromatic ring is 1. The molecule has 2 heterocycles. The van der Waals surface area contributed by atoms with Gasteiger partial charge in [-0.2, -0.15) is 0 Å². The minimum Gasteiger partial charge on any atom is -0.398 e. The first-order valence-electron chi connectivity index (χ1n) is 11.0. The van der Waals surface area contributed by atoms with Crippen LogP contribution in [0.2, 0.25) is 5.02 Å². The van der Waals surface area contributed by atoms with Gasteiger partial charge in [0.1, 0.15) is 5.69 Å². The molecule has 0 radical (unpaired) electrons. The van der Waals surface area contributed by atoms with E-state index in [4.69, 9.17) is 22.3 Å². The summed E-state index contributed by atoms with van der Waals surface area (Å²) in [5.41, 5.74) is 12.8. The Bertz CT molecular complexity index is 1200. The van der Waals surface area contributed by atoms with E-state index in [-0.39, 0.29) is 5.78 Å². The number of halogens is 1. The number of Topliss-reactive ketones (excluding diaryl/α,β-unsaturated/α-hetero) is 1. The fourth-order valence-electron chi connectivity index (χ4n) is 5.17. The highest BCUT2D eigenvalue weighted by Crippen LogP contribution is 2.47. The first kappa shape index (κ1) is 20.2. The van der Waals surface area contributed by atoms with E-state index in [1.54, 1.807) is 10.9 Å². The van der Waals surface area contributed by atoms with Crippen molar-refractivity contribution < 1.29 is 4.79 Å². The molecule has 5 rings (SSSR count). The van der Waals surface area contributed by atoms with Crippen LogP contribution in [0.5, 0.6) is 0 Å². The van der Waals surface area contributed by atoms with Crippen LogP contribution in [-0.2, 0) is 13.0 Å². The molecule has 2 bridgehead atoms. The van der Waals surface area contributed by atoms with E-state index in [9.17, 15) is 4.79 Å². The lowest BCUT2D eigenvalue weighted by Crippen LogP contribution is -2.24. The van der Waals surface area contributed by atoms with Crippen LogP contribution in [0.4, 0.5) is 5.69 Å². The van der Waals surface area contributed by atoms with Crippen LogP contribution >= 0.6 is 11.6 Å². The summed E-state index contributed by atoms with van der Waals surface area (Å²) in [6.45, 7) is 2.30. The Morgan fingerprint density at radius 2 is 2.16 bits per heavy atom. The van der Waals surface area contributed by atoms with Gasteiger partial charge >= 0.3 is 0 Å². The monoisotopic (exact) mass is 435 g/mol. The normalized spacial score (nSPS) is 19.9. The highest BCUT2D eigenvalue weighted by atomic mass is 35.5. The van der Waals surface area contributed by atoms with Gasteiger partial charge in [0.25, 0.3) is 0 Å². The Morgan fingerprint density at radius 3 is 2.97 bits per heavy atom. The Labute approximate surface area is 186 Å². The van der Waals surface area contributed by atoms with Gasteiger partial charge in [-0.1, -0.05) is 28.5 Å². The van der Waals surface area contributed by atoms with Crippen molar-refractivity contribution in [1.82, 2.24) is 20.0 Å². The maximum Gasteiger partial charge on any atom is 0.181 e. The second-order valence-corrected chi connectivity index (χ2v) is 9.29. The van der Waals surface area contributed by atoms with Gasteiger partial charge in [-0.05, 0) is 68.6 Å². The van der Waals surface area contributed by atoms with Gasteiger partial charge in [0.15, 0.2) is 5.78 Å². The number of aromatic nitrogens is 4.